The van der Waals surface area contributed by atoms with E-state index >= 15 is 0 Å². The molecule has 4 aliphatic carbocycles. The molecular weight excluding hydrogens is 509 g/mol. The van der Waals surface area contributed by atoms with Crippen LogP contribution in [0.2, 0.25) is 0 Å². The van der Waals surface area contributed by atoms with Gasteiger partial charge in [-0.2, -0.15) is 0 Å². The van der Waals surface area contributed by atoms with Gasteiger partial charge in [-0.3, -0.25) is 9.78 Å². The molecule has 4 aliphatic rings. The first-order valence-corrected chi connectivity index (χ1v) is 18.4. The number of carbonyl (C=O) groups is 1. The molecule has 4 nitrogen and oxygen atoms in total. The largest absolute Gasteiger partial charge is 0.314 e. The van der Waals surface area contributed by atoms with E-state index in [4.69, 9.17) is 0 Å². The minimum atomic E-state index is 0.475. The second-order valence-electron chi connectivity index (χ2n) is 14.7. The summed E-state index contributed by atoms with van der Waals surface area (Å²) in [5, 5.41) is 7.54. The molecule has 1 aromatic heterocycles. The molecule has 0 saturated heterocycles. The Morgan fingerprint density at radius 1 is 1.05 bits per heavy atom. The first-order valence-electron chi connectivity index (χ1n) is 16.9. The summed E-state index contributed by atoms with van der Waals surface area (Å²) in [5.74, 6) is 5.30. The average Bonchev–Trinajstić information content (AvgIpc) is 3.33. The molecule has 1 aromatic rings. The van der Waals surface area contributed by atoms with Gasteiger partial charge in [-0.05, 0) is 155 Å². The van der Waals surface area contributed by atoms with E-state index in [1.165, 1.54) is 82.7 Å². The van der Waals surface area contributed by atoms with Crippen molar-refractivity contribution in [3.05, 3.63) is 30.1 Å². The van der Waals surface area contributed by atoms with Gasteiger partial charge in [-0.1, -0.05) is 35.4 Å². The maximum Gasteiger partial charge on any atom is 0.151 e. The number of aromatic nitrogens is 1. The molecule has 5 heteroatoms. The van der Waals surface area contributed by atoms with Gasteiger partial charge < -0.3 is 10.6 Å². The quantitative estimate of drug-likeness (QED) is 0.188. The first-order chi connectivity index (χ1) is 19.3. The molecule has 40 heavy (non-hydrogen) atoms. The van der Waals surface area contributed by atoms with Crippen molar-refractivity contribution in [1.29, 1.82) is 0 Å². The molecule has 0 amide bonds. The van der Waals surface area contributed by atoms with Crippen LogP contribution in [-0.4, -0.2) is 36.3 Å². The molecule has 0 spiro atoms. The molecule has 224 valence electrons. The van der Waals surface area contributed by atoms with E-state index in [1.807, 2.05) is 25.1 Å². The van der Waals surface area contributed by atoms with E-state index in [0.717, 1.165) is 61.6 Å². The van der Waals surface area contributed by atoms with Crippen LogP contribution in [0.5, 0.6) is 0 Å². The first kappa shape index (κ1) is 30.6. The topological polar surface area (TPSA) is 54.0 Å². The highest BCUT2D eigenvalue weighted by atomic mass is 31.1. The van der Waals surface area contributed by atoms with Gasteiger partial charge >= 0.3 is 0 Å². The fourth-order valence-electron chi connectivity index (χ4n) is 10.5. The predicted molar refractivity (Wildman–Crippen MR) is 170 cm³/mol. The van der Waals surface area contributed by atoms with Crippen LogP contribution in [0, 0.1) is 46.3 Å². The normalized spacial score (nSPS) is 38.1. The zero-order valence-corrected chi connectivity index (χ0v) is 27.0. The van der Waals surface area contributed by atoms with Gasteiger partial charge in [0.25, 0.3) is 0 Å². The number of nitrogens with zero attached hydrogens (tertiary/aromatic N) is 1. The lowest BCUT2D eigenvalue weighted by Gasteiger charge is -2.61. The zero-order chi connectivity index (χ0) is 28.2. The summed E-state index contributed by atoms with van der Waals surface area (Å²) in [6.45, 7) is 13.1. The lowest BCUT2D eigenvalue weighted by molar-refractivity contribution is -0.118. The Kier molecular flexibility index (Phi) is 10.4. The Balaban J connectivity index is 1.07. The highest BCUT2D eigenvalue weighted by Gasteiger charge is 2.60. The SMILES string of the molecule is CPC(=O)CCC(C)C1CCC2C3CC[C@H]4CC(NCCCCNCc5cccnc5)CCC4(C)C3CCC12C. The van der Waals surface area contributed by atoms with Crippen LogP contribution in [-0.2, 0) is 11.3 Å². The number of hydrogen-bond acceptors (Lipinski definition) is 4. The fraction of sp³-hybridized carbons (Fsp3) is 0.829. The number of fused-ring (bicyclic) bond motifs is 5. The highest BCUT2D eigenvalue weighted by Crippen LogP contribution is 2.68. The summed E-state index contributed by atoms with van der Waals surface area (Å²) in [6, 6.07) is 4.89. The highest BCUT2D eigenvalue weighted by molar-refractivity contribution is 7.57. The minimum Gasteiger partial charge on any atom is -0.314 e. The van der Waals surface area contributed by atoms with E-state index in [2.05, 4.69) is 42.5 Å². The minimum absolute atomic E-state index is 0.475. The number of rotatable bonds is 13. The van der Waals surface area contributed by atoms with Gasteiger partial charge in [0.2, 0.25) is 0 Å². The Bertz CT molecular complexity index is 957. The Hall–Kier alpha value is -0.830. The van der Waals surface area contributed by atoms with E-state index in [1.54, 1.807) is 0 Å². The van der Waals surface area contributed by atoms with Gasteiger partial charge in [0, 0.05) is 31.4 Å². The molecule has 9 unspecified atom stereocenters. The number of unbranched alkanes of at least 4 members (excludes halogenated alkanes) is 1. The van der Waals surface area contributed by atoms with E-state index in [-0.39, 0.29) is 0 Å². The van der Waals surface area contributed by atoms with Crippen molar-refractivity contribution < 1.29 is 4.79 Å². The van der Waals surface area contributed by atoms with Gasteiger partial charge in [0.15, 0.2) is 5.52 Å². The van der Waals surface area contributed by atoms with E-state index < -0.39 is 0 Å². The lowest BCUT2D eigenvalue weighted by atomic mass is 9.44. The summed E-state index contributed by atoms with van der Waals surface area (Å²) in [7, 11) is 0.475. The maximum atomic E-state index is 12.0. The van der Waals surface area contributed by atoms with E-state index in [0.29, 0.717) is 30.9 Å². The number of hydrogen-bond donors (Lipinski definition) is 2. The third-order valence-corrected chi connectivity index (χ3v) is 13.6. The molecule has 0 bridgehead atoms. The van der Waals surface area contributed by atoms with Gasteiger partial charge in [0.1, 0.15) is 0 Å². The van der Waals surface area contributed by atoms with Crippen molar-refractivity contribution in [1.82, 2.24) is 15.6 Å². The second-order valence-corrected chi connectivity index (χ2v) is 15.8. The molecule has 4 fully saturated rings. The van der Waals surface area contributed by atoms with Crippen LogP contribution < -0.4 is 10.6 Å². The van der Waals surface area contributed by atoms with Crippen molar-refractivity contribution in [2.45, 2.75) is 117 Å². The van der Waals surface area contributed by atoms with Gasteiger partial charge in [-0.15, -0.1) is 0 Å². The Morgan fingerprint density at radius 2 is 1.85 bits per heavy atom. The molecule has 10 atom stereocenters. The third kappa shape index (κ3) is 6.55. The van der Waals surface area contributed by atoms with Gasteiger partial charge in [-0.25, -0.2) is 0 Å². The lowest BCUT2D eigenvalue weighted by Crippen LogP contribution is -2.55. The van der Waals surface area contributed by atoms with Gasteiger partial charge in [0.05, 0.1) is 0 Å². The van der Waals surface area contributed by atoms with Crippen LogP contribution in [0.25, 0.3) is 0 Å². The van der Waals surface area contributed by atoms with Crippen molar-refractivity contribution >= 4 is 14.1 Å². The van der Waals surface area contributed by atoms with E-state index in [9.17, 15) is 4.79 Å². The monoisotopic (exact) mass is 567 g/mol. The predicted octanol–water partition coefficient (Wildman–Crippen LogP) is 7.82. The van der Waals surface area contributed by atoms with Crippen molar-refractivity contribution in [2.75, 3.05) is 19.8 Å². The molecule has 0 aromatic carbocycles. The summed E-state index contributed by atoms with van der Waals surface area (Å²) >= 11 is 0. The smallest absolute Gasteiger partial charge is 0.151 e. The van der Waals surface area contributed by atoms with Crippen LogP contribution in [0.3, 0.4) is 0 Å². The summed E-state index contributed by atoms with van der Waals surface area (Å²) in [6.07, 6.45) is 21.2. The summed E-state index contributed by atoms with van der Waals surface area (Å²) in [4.78, 5) is 16.2. The summed E-state index contributed by atoms with van der Waals surface area (Å²) < 4.78 is 0. The van der Waals surface area contributed by atoms with Crippen LogP contribution in [0.15, 0.2) is 24.5 Å². The second kappa shape index (κ2) is 13.6. The molecule has 5 rings (SSSR count). The Morgan fingerprint density at radius 3 is 2.65 bits per heavy atom. The fourth-order valence-corrected chi connectivity index (χ4v) is 10.9. The number of pyridine rings is 1. The third-order valence-electron chi connectivity index (χ3n) is 12.8. The molecule has 0 aliphatic heterocycles. The maximum absolute atomic E-state index is 12.0. The Labute approximate surface area is 247 Å². The van der Waals surface area contributed by atoms with Crippen molar-refractivity contribution in [3.8, 4) is 0 Å². The van der Waals surface area contributed by atoms with Crippen molar-refractivity contribution in [3.63, 3.8) is 0 Å². The summed E-state index contributed by atoms with van der Waals surface area (Å²) in [5.41, 5.74) is 2.84. The molecule has 4 saturated carbocycles. The van der Waals surface area contributed by atoms with Crippen LogP contribution in [0.4, 0.5) is 0 Å². The number of carbonyl (C=O) groups excluding carboxylic acids is 1. The molecular formula is C35H58N3OP. The molecule has 1 heterocycles. The number of nitrogens with one attached hydrogen (secondary N) is 2. The van der Waals surface area contributed by atoms with Crippen molar-refractivity contribution in [2.24, 2.45) is 46.3 Å². The standard InChI is InChI=1S/C35H58N3OP/c1-25(9-14-33(39)40-4)30-12-13-31-29-11-10-27-22-28(15-17-34(27,2)32(29)16-18-35(30,31)3)38-21-6-5-19-36-23-26-8-7-20-37-24-26/h7-8,20,24-25,27-32,36,38,40H,5-6,9-19,21-23H2,1-4H3/t25?,27-,28?,29?,30?,31?,32?,34?,35?/m0/s1. The molecule has 0 radical (unpaired) electrons. The average molecular weight is 568 g/mol. The van der Waals surface area contributed by atoms with Crippen LogP contribution >= 0.6 is 8.58 Å². The molecule has 2 N–H and O–H groups in total. The zero-order valence-electron chi connectivity index (χ0n) is 26.0. The van der Waals surface area contributed by atoms with Crippen LogP contribution in [0.1, 0.15) is 110 Å².